The largest absolute Gasteiger partial charge is 0.481 e. The average Bonchev–Trinajstić information content (AvgIpc) is 2.99. The molecule has 1 atom stereocenters. The molecule has 1 aliphatic rings. The first-order valence-corrected chi connectivity index (χ1v) is 5.46. The van der Waals surface area contributed by atoms with Crippen molar-refractivity contribution in [3.8, 4) is 0 Å². The molecule has 1 rings (SSSR count). The van der Waals surface area contributed by atoms with Gasteiger partial charge in [-0.15, -0.1) is 6.58 Å². The monoisotopic (exact) mass is 226 g/mol. The second-order valence-corrected chi connectivity index (χ2v) is 4.03. The summed E-state index contributed by atoms with van der Waals surface area (Å²) in [6.45, 7) is 4.30. The highest BCUT2D eigenvalue weighted by molar-refractivity contribution is 5.79. The van der Waals surface area contributed by atoms with Gasteiger partial charge in [0.25, 0.3) is 0 Å². The van der Waals surface area contributed by atoms with Crippen molar-refractivity contribution in [2.45, 2.75) is 25.3 Å². The molecular weight excluding hydrogens is 208 g/mol. The predicted octanol–water partition coefficient (Wildman–Crippen LogP) is 0.131. The summed E-state index contributed by atoms with van der Waals surface area (Å²) >= 11 is 0. The molecule has 0 bridgehead atoms. The van der Waals surface area contributed by atoms with Gasteiger partial charge in [-0.25, -0.2) is 0 Å². The molecule has 1 aliphatic carbocycles. The molecule has 0 aromatic rings. The Morgan fingerprint density at radius 3 is 2.69 bits per heavy atom. The van der Waals surface area contributed by atoms with Crippen LogP contribution in [0.2, 0.25) is 0 Å². The van der Waals surface area contributed by atoms with Crippen LogP contribution in [0.15, 0.2) is 12.7 Å². The number of aliphatic carboxylic acids is 1. The van der Waals surface area contributed by atoms with E-state index in [4.69, 9.17) is 5.11 Å². The summed E-state index contributed by atoms with van der Waals surface area (Å²) in [6, 6.07) is -0.212. The van der Waals surface area contributed by atoms with Gasteiger partial charge in [-0.05, 0) is 18.8 Å². The van der Waals surface area contributed by atoms with Crippen LogP contribution >= 0.6 is 0 Å². The van der Waals surface area contributed by atoms with E-state index in [0.29, 0.717) is 12.5 Å². The molecule has 0 aromatic carbocycles. The first-order chi connectivity index (χ1) is 7.63. The zero-order chi connectivity index (χ0) is 12.0. The van der Waals surface area contributed by atoms with Crippen LogP contribution < -0.4 is 10.6 Å². The average molecular weight is 226 g/mol. The fourth-order valence-electron chi connectivity index (χ4n) is 1.57. The zero-order valence-electron chi connectivity index (χ0n) is 9.24. The Morgan fingerprint density at radius 1 is 1.50 bits per heavy atom. The van der Waals surface area contributed by atoms with Crippen molar-refractivity contribution in [2.75, 3.05) is 13.1 Å². The molecule has 0 aromatic heterocycles. The number of carboxylic acids is 1. The maximum atomic E-state index is 11.4. The molecule has 0 spiro atoms. The quantitative estimate of drug-likeness (QED) is 0.406. The van der Waals surface area contributed by atoms with Crippen LogP contribution in [0.4, 0.5) is 0 Å². The van der Waals surface area contributed by atoms with E-state index in [1.54, 1.807) is 6.08 Å². The summed E-state index contributed by atoms with van der Waals surface area (Å²) in [7, 11) is 0. The Hall–Kier alpha value is -1.36. The van der Waals surface area contributed by atoms with Crippen molar-refractivity contribution in [3.63, 3.8) is 0 Å². The lowest BCUT2D eigenvalue weighted by molar-refractivity contribution is -0.137. The molecule has 5 heteroatoms. The molecule has 16 heavy (non-hydrogen) atoms. The molecule has 5 nitrogen and oxygen atoms in total. The van der Waals surface area contributed by atoms with Gasteiger partial charge in [0, 0.05) is 12.6 Å². The number of carbonyl (C=O) groups excluding carboxylic acids is 1. The minimum atomic E-state index is -0.865. The van der Waals surface area contributed by atoms with E-state index in [9.17, 15) is 9.59 Å². The lowest BCUT2D eigenvalue weighted by Gasteiger charge is -2.16. The van der Waals surface area contributed by atoms with E-state index in [1.165, 1.54) is 0 Å². The second-order valence-electron chi connectivity index (χ2n) is 4.03. The van der Waals surface area contributed by atoms with Gasteiger partial charge in [0.05, 0.1) is 13.0 Å². The number of carboxylic acid groups (broad SMARTS) is 1. The number of carbonyl (C=O) groups is 2. The van der Waals surface area contributed by atoms with Gasteiger partial charge in [0.2, 0.25) is 5.91 Å². The number of hydrogen-bond acceptors (Lipinski definition) is 3. The lowest BCUT2D eigenvalue weighted by atomic mass is 10.1. The van der Waals surface area contributed by atoms with Gasteiger partial charge in [0.1, 0.15) is 0 Å². The van der Waals surface area contributed by atoms with Gasteiger partial charge < -0.3 is 15.7 Å². The normalized spacial score (nSPS) is 16.5. The topological polar surface area (TPSA) is 78.4 Å². The number of nitrogens with one attached hydrogen (secondary N) is 2. The summed E-state index contributed by atoms with van der Waals surface area (Å²) in [6.07, 6.45) is 3.71. The molecular formula is C11H18N2O3. The van der Waals surface area contributed by atoms with Gasteiger partial charge in [0.15, 0.2) is 0 Å². The SMILES string of the molecule is C=CCNCC(=O)NC(CC(=O)O)C1CC1. The summed E-state index contributed by atoms with van der Waals surface area (Å²) < 4.78 is 0. The Balaban J connectivity index is 2.27. The predicted molar refractivity (Wildman–Crippen MR) is 60.0 cm³/mol. The number of amides is 1. The molecule has 1 fully saturated rings. The smallest absolute Gasteiger partial charge is 0.305 e. The molecule has 1 saturated carbocycles. The van der Waals surface area contributed by atoms with Crippen molar-refractivity contribution in [2.24, 2.45) is 5.92 Å². The Bertz CT molecular complexity index is 274. The maximum Gasteiger partial charge on any atom is 0.305 e. The lowest BCUT2D eigenvalue weighted by Crippen LogP contribution is -2.42. The summed E-state index contributed by atoms with van der Waals surface area (Å²) in [5, 5.41) is 14.3. The van der Waals surface area contributed by atoms with Crippen molar-refractivity contribution < 1.29 is 14.7 Å². The van der Waals surface area contributed by atoms with Crippen LogP contribution in [0.5, 0.6) is 0 Å². The molecule has 0 saturated heterocycles. The van der Waals surface area contributed by atoms with E-state index in [0.717, 1.165) is 12.8 Å². The van der Waals surface area contributed by atoms with Crippen molar-refractivity contribution in [1.29, 1.82) is 0 Å². The number of rotatable bonds is 8. The van der Waals surface area contributed by atoms with Crippen LogP contribution in [-0.2, 0) is 9.59 Å². The Kier molecular flexibility index (Phi) is 4.98. The van der Waals surface area contributed by atoms with E-state index in [1.807, 2.05) is 0 Å². The molecule has 1 amide bonds. The van der Waals surface area contributed by atoms with Gasteiger partial charge in [-0.1, -0.05) is 6.08 Å². The van der Waals surface area contributed by atoms with Crippen molar-refractivity contribution in [1.82, 2.24) is 10.6 Å². The third-order valence-corrected chi connectivity index (χ3v) is 2.51. The molecule has 1 unspecified atom stereocenters. The fraction of sp³-hybridized carbons (Fsp3) is 0.636. The highest BCUT2D eigenvalue weighted by atomic mass is 16.4. The van der Waals surface area contributed by atoms with Crippen LogP contribution in [0.25, 0.3) is 0 Å². The second kappa shape index (κ2) is 6.27. The first-order valence-electron chi connectivity index (χ1n) is 5.46. The fourth-order valence-corrected chi connectivity index (χ4v) is 1.57. The van der Waals surface area contributed by atoms with Crippen LogP contribution in [0.1, 0.15) is 19.3 Å². The Morgan fingerprint density at radius 2 is 2.19 bits per heavy atom. The highest BCUT2D eigenvalue weighted by Gasteiger charge is 2.33. The van der Waals surface area contributed by atoms with Gasteiger partial charge in [-0.2, -0.15) is 0 Å². The third kappa shape index (κ3) is 4.93. The zero-order valence-corrected chi connectivity index (χ0v) is 9.24. The first kappa shape index (κ1) is 12.7. The summed E-state index contributed by atoms with van der Waals surface area (Å²) in [4.78, 5) is 22.0. The molecule has 0 radical (unpaired) electrons. The van der Waals surface area contributed by atoms with Crippen LogP contribution in [0.3, 0.4) is 0 Å². The molecule has 0 heterocycles. The minimum absolute atomic E-state index is 0.0118. The molecule has 0 aliphatic heterocycles. The van der Waals surface area contributed by atoms with Crippen molar-refractivity contribution in [3.05, 3.63) is 12.7 Å². The summed E-state index contributed by atoms with van der Waals surface area (Å²) in [5.74, 6) is -0.671. The van der Waals surface area contributed by atoms with E-state index in [-0.39, 0.29) is 24.9 Å². The molecule has 3 N–H and O–H groups in total. The highest BCUT2D eigenvalue weighted by Crippen LogP contribution is 2.33. The van der Waals surface area contributed by atoms with Crippen molar-refractivity contribution >= 4 is 11.9 Å². The minimum Gasteiger partial charge on any atom is -0.481 e. The standard InChI is InChI=1S/C11H18N2O3/c1-2-5-12-7-10(14)13-9(6-11(15)16)8-3-4-8/h2,8-9,12H,1,3-7H2,(H,13,14)(H,15,16). The van der Waals surface area contributed by atoms with Gasteiger partial charge in [-0.3, -0.25) is 9.59 Å². The molecule has 90 valence electrons. The van der Waals surface area contributed by atoms with E-state index < -0.39 is 5.97 Å². The third-order valence-electron chi connectivity index (χ3n) is 2.51. The summed E-state index contributed by atoms with van der Waals surface area (Å²) in [5.41, 5.74) is 0. The van der Waals surface area contributed by atoms with Crippen LogP contribution in [-0.4, -0.2) is 36.1 Å². The maximum absolute atomic E-state index is 11.4. The van der Waals surface area contributed by atoms with E-state index in [2.05, 4.69) is 17.2 Å². The number of hydrogen-bond donors (Lipinski definition) is 3. The van der Waals surface area contributed by atoms with E-state index >= 15 is 0 Å². The van der Waals surface area contributed by atoms with Gasteiger partial charge >= 0.3 is 5.97 Å². The Labute approximate surface area is 94.9 Å². The van der Waals surface area contributed by atoms with Crippen LogP contribution in [0, 0.1) is 5.92 Å².